The average Bonchev–Trinajstić information content (AvgIpc) is 2.53. The lowest BCUT2D eigenvalue weighted by Gasteiger charge is -2.12. The van der Waals surface area contributed by atoms with Crippen LogP contribution < -0.4 is 16.2 Å². The van der Waals surface area contributed by atoms with Gasteiger partial charge >= 0.3 is 0 Å². The van der Waals surface area contributed by atoms with Gasteiger partial charge in [-0.2, -0.15) is 0 Å². The molecule has 2 aromatic carbocycles. The molecule has 0 bridgehead atoms. The molecule has 0 saturated carbocycles. The minimum absolute atomic E-state index is 0.111. The number of aryl methyl sites for hydroxylation is 2. The van der Waals surface area contributed by atoms with Gasteiger partial charge in [0.1, 0.15) is 0 Å². The van der Waals surface area contributed by atoms with Crippen molar-refractivity contribution in [3.05, 3.63) is 65.2 Å². The number of hydrogen-bond donors (Lipinski definition) is 3. The average molecular weight is 360 g/mol. The lowest BCUT2D eigenvalue weighted by atomic mass is 10.1. The van der Waals surface area contributed by atoms with Crippen LogP contribution in [0.3, 0.4) is 0 Å². The van der Waals surface area contributed by atoms with E-state index in [4.69, 9.17) is 12.2 Å². The van der Waals surface area contributed by atoms with Crippen LogP contribution in [0.5, 0.6) is 0 Å². The number of benzene rings is 2. The molecule has 0 heterocycles. The number of hydrogen-bond acceptors (Lipinski definition) is 3. The lowest BCUT2D eigenvalue weighted by molar-refractivity contribution is -0.119. The SMILES string of the molecule is Cc1cc(C)cc(NC(=S)NNC(=O)CSCc2ccccc2)c1. The van der Waals surface area contributed by atoms with Gasteiger partial charge in [0.2, 0.25) is 5.91 Å². The Labute approximate surface area is 152 Å². The Kier molecular flexibility index (Phi) is 7.08. The number of carbonyl (C=O) groups excluding carboxylic acids is 1. The van der Waals surface area contributed by atoms with Crippen LogP contribution >= 0.6 is 24.0 Å². The normalized spacial score (nSPS) is 10.1. The molecule has 0 radical (unpaired) electrons. The van der Waals surface area contributed by atoms with Crippen LogP contribution in [-0.2, 0) is 10.5 Å². The third kappa shape index (κ3) is 6.60. The van der Waals surface area contributed by atoms with E-state index in [0.717, 1.165) is 22.6 Å². The minimum Gasteiger partial charge on any atom is -0.331 e. The summed E-state index contributed by atoms with van der Waals surface area (Å²) < 4.78 is 0. The van der Waals surface area contributed by atoms with Crippen LogP contribution in [0.4, 0.5) is 5.69 Å². The smallest absolute Gasteiger partial charge is 0.248 e. The summed E-state index contributed by atoms with van der Waals surface area (Å²) in [7, 11) is 0. The van der Waals surface area contributed by atoms with Crippen molar-refractivity contribution in [2.45, 2.75) is 19.6 Å². The number of thioether (sulfide) groups is 1. The second kappa shape index (κ2) is 9.30. The fraction of sp³-hybridized carbons (Fsp3) is 0.222. The van der Waals surface area contributed by atoms with E-state index in [2.05, 4.69) is 22.2 Å². The highest BCUT2D eigenvalue weighted by atomic mass is 32.2. The molecule has 0 aliphatic rings. The molecule has 0 saturated heterocycles. The Hall–Kier alpha value is -2.05. The first-order chi connectivity index (χ1) is 11.5. The van der Waals surface area contributed by atoms with Gasteiger partial charge in [0.25, 0.3) is 0 Å². The van der Waals surface area contributed by atoms with Gasteiger partial charge in [0, 0.05) is 11.4 Å². The molecule has 0 unspecified atom stereocenters. The van der Waals surface area contributed by atoms with E-state index in [1.165, 1.54) is 5.56 Å². The standard InChI is InChI=1S/C18H21N3OS2/c1-13-8-14(2)10-16(9-13)19-18(23)21-20-17(22)12-24-11-15-6-4-3-5-7-15/h3-10H,11-12H2,1-2H3,(H,20,22)(H2,19,21,23). The molecule has 0 aliphatic carbocycles. The monoisotopic (exact) mass is 359 g/mol. The first-order valence-corrected chi connectivity index (χ1v) is 9.15. The largest absolute Gasteiger partial charge is 0.331 e. The number of thiocarbonyl (C=S) groups is 1. The van der Waals surface area contributed by atoms with Gasteiger partial charge in [-0.1, -0.05) is 36.4 Å². The quantitative estimate of drug-likeness (QED) is 0.563. The molecule has 2 rings (SSSR count). The maximum absolute atomic E-state index is 11.8. The molecule has 0 atom stereocenters. The van der Waals surface area contributed by atoms with Crippen LogP contribution in [0.25, 0.3) is 0 Å². The predicted molar refractivity (Wildman–Crippen MR) is 106 cm³/mol. The second-order valence-corrected chi connectivity index (χ2v) is 6.88. The molecule has 1 amide bonds. The molecule has 0 spiro atoms. The molecular weight excluding hydrogens is 338 g/mol. The number of anilines is 1. The van der Waals surface area contributed by atoms with E-state index in [1.54, 1.807) is 11.8 Å². The Bertz CT molecular complexity index is 684. The van der Waals surface area contributed by atoms with E-state index in [-0.39, 0.29) is 5.91 Å². The summed E-state index contributed by atoms with van der Waals surface area (Å²) in [5, 5.41) is 3.42. The van der Waals surface area contributed by atoms with Crippen molar-refractivity contribution in [1.82, 2.24) is 10.9 Å². The fourth-order valence-electron chi connectivity index (χ4n) is 2.21. The lowest BCUT2D eigenvalue weighted by Crippen LogP contribution is -2.44. The number of carbonyl (C=O) groups is 1. The third-order valence-corrected chi connectivity index (χ3v) is 4.35. The summed E-state index contributed by atoms with van der Waals surface area (Å²) in [5.41, 5.74) is 9.74. The van der Waals surface area contributed by atoms with Crippen molar-refractivity contribution < 1.29 is 4.79 Å². The summed E-state index contributed by atoms with van der Waals surface area (Å²) >= 11 is 6.74. The van der Waals surface area contributed by atoms with Gasteiger partial charge in [-0.15, -0.1) is 11.8 Å². The molecule has 2 aromatic rings. The molecule has 126 valence electrons. The number of amides is 1. The van der Waals surface area contributed by atoms with E-state index in [0.29, 0.717) is 10.9 Å². The van der Waals surface area contributed by atoms with E-state index >= 15 is 0 Å². The number of nitrogens with one attached hydrogen (secondary N) is 3. The highest BCUT2D eigenvalue weighted by Crippen LogP contribution is 2.13. The first kappa shape index (κ1) is 18.3. The molecule has 24 heavy (non-hydrogen) atoms. The molecular formula is C18H21N3OS2. The van der Waals surface area contributed by atoms with Gasteiger partial charge in [-0.05, 0) is 54.9 Å². The summed E-state index contributed by atoms with van der Waals surface area (Å²) in [6, 6.07) is 16.2. The first-order valence-electron chi connectivity index (χ1n) is 7.59. The molecule has 4 nitrogen and oxygen atoms in total. The molecule has 6 heteroatoms. The van der Waals surface area contributed by atoms with E-state index in [9.17, 15) is 4.79 Å². The Morgan fingerprint density at radius 2 is 1.71 bits per heavy atom. The van der Waals surface area contributed by atoms with Gasteiger partial charge < -0.3 is 5.32 Å². The van der Waals surface area contributed by atoms with Crippen molar-refractivity contribution in [2.24, 2.45) is 0 Å². The van der Waals surface area contributed by atoms with Crippen molar-refractivity contribution in [3.8, 4) is 0 Å². The minimum atomic E-state index is -0.111. The molecule has 0 aromatic heterocycles. The summed E-state index contributed by atoms with van der Waals surface area (Å²) in [5.74, 6) is 1.06. The van der Waals surface area contributed by atoms with Gasteiger partial charge in [-0.3, -0.25) is 15.6 Å². The summed E-state index contributed by atoms with van der Waals surface area (Å²) in [4.78, 5) is 11.8. The maximum Gasteiger partial charge on any atom is 0.248 e. The Morgan fingerprint density at radius 1 is 1.04 bits per heavy atom. The maximum atomic E-state index is 11.8. The Balaban J connectivity index is 1.68. The van der Waals surface area contributed by atoms with Crippen LogP contribution in [0.1, 0.15) is 16.7 Å². The van der Waals surface area contributed by atoms with Crippen molar-refractivity contribution in [1.29, 1.82) is 0 Å². The zero-order valence-electron chi connectivity index (χ0n) is 13.8. The van der Waals surface area contributed by atoms with Crippen molar-refractivity contribution >= 4 is 40.7 Å². The predicted octanol–water partition coefficient (Wildman–Crippen LogP) is 3.55. The molecule has 0 aliphatic heterocycles. The summed E-state index contributed by atoms with van der Waals surface area (Å²) in [6.07, 6.45) is 0. The van der Waals surface area contributed by atoms with Gasteiger partial charge in [0.05, 0.1) is 5.75 Å². The summed E-state index contributed by atoms with van der Waals surface area (Å²) in [6.45, 7) is 4.06. The second-order valence-electron chi connectivity index (χ2n) is 5.48. The van der Waals surface area contributed by atoms with E-state index in [1.807, 2.05) is 56.3 Å². The third-order valence-electron chi connectivity index (χ3n) is 3.14. The Morgan fingerprint density at radius 3 is 2.38 bits per heavy atom. The van der Waals surface area contributed by atoms with Crippen LogP contribution in [-0.4, -0.2) is 16.8 Å². The van der Waals surface area contributed by atoms with Crippen LogP contribution in [0.2, 0.25) is 0 Å². The molecule has 3 N–H and O–H groups in total. The zero-order chi connectivity index (χ0) is 17.4. The van der Waals surface area contributed by atoms with Crippen LogP contribution in [0, 0.1) is 13.8 Å². The molecule has 0 fully saturated rings. The number of hydrazine groups is 1. The van der Waals surface area contributed by atoms with E-state index < -0.39 is 0 Å². The highest BCUT2D eigenvalue weighted by Gasteiger charge is 2.04. The van der Waals surface area contributed by atoms with Crippen molar-refractivity contribution in [2.75, 3.05) is 11.1 Å². The van der Waals surface area contributed by atoms with Gasteiger partial charge in [-0.25, -0.2) is 0 Å². The number of rotatable bonds is 5. The van der Waals surface area contributed by atoms with Gasteiger partial charge in [0.15, 0.2) is 5.11 Å². The van der Waals surface area contributed by atoms with Crippen molar-refractivity contribution in [3.63, 3.8) is 0 Å². The topological polar surface area (TPSA) is 53.2 Å². The fourth-order valence-corrected chi connectivity index (χ4v) is 3.16. The highest BCUT2D eigenvalue weighted by molar-refractivity contribution is 7.99. The zero-order valence-corrected chi connectivity index (χ0v) is 15.4. The van der Waals surface area contributed by atoms with Crippen LogP contribution in [0.15, 0.2) is 48.5 Å².